The highest BCUT2D eigenvalue weighted by molar-refractivity contribution is 7.18. The molecule has 1 aliphatic heterocycles. The van der Waals surface area contributed by atoms with Crippen molar-refractivity contribution in [3.05, 3.63) is 45.3 Å². The first-order valence-electron chi connectivity index (χ1n) is 8.82. The molecular formula is C19H20ClFN3O2S+. The number of ether oxygens (including phenoxy) is 2. The number of aryl methyl sites for hydroxylation is 2. The van der Waals surface area contributed by atoms with Crippen LogP contribution in [-0.2, 0) is 11.3 Å². The average Bonchev–Trinajstić information content (AvgIpc) is 2.93. The average molecular weight is 409 g/mol. The van der Waals surface area contributed by atoms with E-state index in [9.17, 15) is 4.39 Å². The second-order valence-electron chi connectivity index (χ2n) is 6.63. The first kappa shape index (κ1) is 18.6. The second-order valence-corrected chi connectivity index (χ2v) is 8.24. The Morgan fingerprint density at radius 2 is 2.04 bits per heavy atom. The number of fused-ring (bicyclic) bond motifs is 1. The summed E-state index contributed by atoms with van der Waals surface area (Å²) in [4.78, 5) is 12.9. The Kier molecular flexibility index (Phi) is 5.27. The standard InChI is InChI=1S/C19H19ClFN3O2S/c1-11-12(2)27-19-17(11)18(26-13-3-4-15(21)14(20)9-13)22-16(23-19)10-24-5-7-25-8-6-24/h3-4,9H,5-8,10H2,1-2H3/p+1. The maximum atomic E-state index is 13.5. The minimum atomic E-state index is -0.476. The molecule has 1 fully saturated rings. The second kappa shape index (κ2) is 7.67. The zero-order chi connectivity index (χ0) is 19.0. The largest absolute Gasteiger partial charge is 0.438 e. The highest BCUT2D eigenvalue weighted by atomic mass is 35.5. The number of halogens is 2. The number of aromatic nitrogens is 2. The van der Waals surface area contributed by atoms with Crippen LogP contribution < -0.4 is 9.64 Å². The normalized spacial score (nSPS) is 15.4. The maximum absolute atomic E-state index is 13.5. The highest BCUT2D eigenvalue weighted by Crippen LogP contribution is 2.37. The Balaban J connectivity index is 1.72. The fourth-order valence-electron chi connectivity index (χ4n) is 3.12. The fraction of sp³-hybridized carbons (Fsp3) is 0.368. The van der Waals surface area contributed by atoms with Gasteiger partial charge in [-0.3, -0.25) is 0 Å². The van der Waals surface area contributed by atoms with Gasteiger partial charge in [-0.1, -0.05) is 11.6 Å². The van der Waals surface area contributed by atoms with Crippen molar-refractivity contribution in [1.29, 1.82) is 0 Å². The van der Waals surface area contributed by atoms with E-state index < -0.39 is 5.82 Å². The fourth-order valence-corrected chi connectivity index (χ4v) is 4.33. The monoisotopic (exact) mass is 408 g/mol. The van der Waals surface area contributed by atoms with Crippen LogP contribution in [0.1, 0.15) is 16.3 Å². The Morgan fingerprint density at radius 3 is 2.78 bits per heavy atom. The quantitative estimate of drug-likeness (QED) is 0.719. The number of nitrogens with one attached hydrogen (secondary N) is 1. The molecule has 1 N–H and O–H groups in total. The van der Waals surface area contributed by atoms with E-state index in [1.807, 2.05) is 6.92 Å². The number of hydrogen-bond acceptors (Lipinski definition) is 5. The Hall–Kier alpha value is -1.80. The van der Waals surface area contributed by atoms with Crippen molar-refractivity contribution >= 4 is 33.2 Å². The van der Waals surface area contributed by atoms with Crippen LogP contribution in [0, 0.1) is 19.7 Å². The van der Waals surface area contributed by atoms with Gasteiger partial charge in [0.25, 0.3) is 0 Å². The van der Waals surface area contributed by atoms with E-state index in [2.05, 4.69) is 6.92 Å². The summed E-state index contributed by atoms with van der Waals surface area (Å²) in [7, 11) is 0. The van der Waals surface area contributed by atoms with E-state index in [0.717, 1.165) is 54.5 Å². The van der Waals surface area contributed by atoms with Gasteiger partial charge < -0.3 is 14.4 Å². The Morgan fingerprint density at radius 1 is 1.26 bits per heavy atom. The Labute approximate surface area is 165 Å². The lowest BCUT2D eigenvalue weighted by molar-refractivity contribution is -0.922. The molecule has 0 spiro atoms. The van der Waals surface area contributed by atoms with Gasteiger partial charge in [0.05, 0.1) is 23.6 Å². The van der Waals surface area contributed by atoms with E-state index in [1.54, 1.807) is 17.4 Å². The van der Waals surface area contributed by atoms with Gasteiger partial charge in [0.15, 0.2) is 5.82 Å². The number of hydrogen-bond donors (Lipinski definition) is 1. The summed E-state index contributed by atoms with van der Waals surface area (Å²) in [5.41, 5.74) is 1.10. The molecule has 0 unspecified atom stereocenters. The summed E-state index contributed by atoms with van der Waals surface area (Å²) in [6, 6.07) is 4.31. The van der Waals surface area contributed by atoms with Crippen molar-refractivity contribution < 1.29 is 18.8 Å². The van der Waals surface area contributed by atoms with E-state index in [-0.39, 0.29) is 5.02 Å². The van der Waals surface area contributed by atoms with Crippen molar-refractivity contribution in [2.24, 2.45) is 0 Å². The van der Waals surface area contributed by atoms with E-state index >= 15 is 0 Å². The van der Waals surface area contributed by atoms with Gasteiger partial charge in [-0.2, -0.15) is 4.98 Å². The molecule has 0 amide bonds. The Bertz CT molecular complexity index is 989. The summed E-state index contributed by atoms with van der Waals surface area (Å²) in [6.07, 6.45) is 0. The van der Waals surface area contributed by atoms with Crippen molar-refractivity contribution in [3.63, 3.8) is 0 Å². The lowest BCUT2D eigenvalue weighted by Crippen LogP contribution is -3.12. The number of benzene rings is 1. The van der Waals surface area contributed by atoms with Crippen molar-refractivity contribution in [1.82, 2.24) is 9.97 Å². The summed E-state index contributed by atoms with van der Waals surface area (Å²) in [6.45, 7) is 8.21. The van der Waals surface area contributed by atoms with Crippen LogP contribution in [-0.4, -0.2) is 36.3 Å². The first-order chi connectivity index (χ1) is 13.0. The molecular weight excluding hydrogens is 389 g/mol. The van der Waals surface area contributed by atoms with Gasteiger partial charge in [0, 0.05) is 10.9 Å². The number of morpholine rings is 1. The molecule has 3 heterocycles. The molecule has 0 radical (unpaired) electrons. The first-order valence-corrected chi connectivity index (χ1v) is 10.0. The van der Waals surface area contributed by atoms with Crippen molar-refractivity contribution in [2.45, 2.75) is 20.4 Å². The molecule has 4 rings (SSSR count). The SMILES string of the molecule is Cc1sc2nc(C[NH+]3CCOCC3)nc(Oc3ccc(F)c(Cl)c3)c2c1C. The van der Waals surface area contributed by atoms with E-state index in [4.69, 9.17) is 31.0 Å². The maximum Gasteiger partial charge on any atom is 0.231 e. The third-order valence-electron chi connectivity index (χ3n) is 4.76. The van der Waals surface area contributed by atoms with Crippen LogP contribution in [0.5, 0.6) is 11.6 Å². The molecule has 0 atom stereocenters. The molecule has 0 aliphatic carbocycles. The third kappa shape index (κ3) is 3.91. The molecule has 142 valence electrons. The predicted octanol–water partition coefficient (Wildman–Crippen LogP) is 3.31. The van der Waals surface area contributed by atoms with Gasteiger partial charge in [-0.05, 0) is 31.5 Å². The predicted molar refractivity (Wildman–Crippen MR) is 104 cm³/mol. The van der Waals surface area contributed by atoms with Crippen LogP contribution >= 0.6 is 22.9 Å². The zero-order valence-electron chi connectivity index (χ0n) is 15.1. The van der Waals surface area contributed by atoms with Crippen LogP contribution in [0.3, 0.4) is 0 Å². The van der Waals surface area contributed by atoms with Crippen LogP contribution in [0.15, 0.2) is 18.2 Å². The van der Waals surface area contributed by atoms with E-state index in [1.165, 1.54) is 21.9 Å². The minimum absolute atomic E-state index is 0.0222. The van der Waals surface area contributed by atoms with Gasteiger partial charge in [0.2, 0.25) is 5.88 Å². The van der Waals surface area contributed by atoms with Gasteiger partial charge >= 0.3 is 0 Å². The number of quaternary nitrogens is 1. The smallest absolute Gasteiger partial charge is 0.231 e. The molecule has 8 heteroatoms. The summed E-state index contributed by atoms with van der Waals surface area (Å²) in [5, 5.41) is 0.924. The van der Waals surface area contributed by atoms with Crippen LogP contribution in [0.4, 0.5) is 4.39 Å². The number of rotatable bonds is 4. The molecule has 0 saturated carbocycles. The number of thiophene rings is 1. The number of nitrogens with zero attached hydrogens (tertiary/aromatic N) is 2. The van der Waals surface area contributed by atoms with Gasteiger partial charge in [-0.25, -0.2) is 9.37 Å². The molecule has 0 bridgehead atoms. The summed E-state index contributed by atoms with van der Waals surface area (Å²) in [5.74, 6) is 1.21. The van der Waals surface area contributed by atoms with E-state index in [0.29, 0.717) is 11.6 Å². The molecule has 3 aromatic rings. The van der Waals surface area contributed by atoms with Crippen molar-refractivity contribution in [3.8, 4) is 11.6 Å². The zero-order valence-corrected chi connectivity index (χ0v) is 16.7. The van der Waals surface area contributed by atoms with Gasteiger partial charge in [0.1, 0.15) is 36.0 Å². The lowest BCUT2D eigenvalue weighted by Gasteiger charge is -2.23. The third-order valence-corrected chi connectivity index (χ3v) is 6.15. The lowest BCUT2D eigenvalue weighted by atomic mass is 10.2. The summed E-state index contributed by atoms with van der Waals surface area (Å²) < 4.78 is 24.9. The molecule has 1 aromatic carbocycles. The van der Waals surface area contributed by atoms with Crippen LogP contribution in [0.2, 0.25) is 5.02 Å². The molecule has 27 heavy (non-hydrogen) atoms. The topological polar surface area (TPSA) is 48.7 Å². The van der Waals surface area contributed by atoms with Gasteiger partial charge in [-0.15, -0.1) is 11.3 Å². The molecule has 2 aromatic heterocycles. The van der Waals surface area contributed by atoms with Crippen LogP contribution in [0.25, 0.3) is 10.2 Å². The van der Waals surface area contributed by atoms with Crippen molar-refractivity contribution in [2.75, 3.05) is 26.3 Å². The molecule has 5 nitrogen and oxygen atoms in total. The summed E-state index contributed by atoms with van der Waals surface area (Å²) >= 11 is 7.53. The highest BCUT2D eigenvalue weighted by Gasteiger charge is 2.21. The molecule has 1 aliphatic rings. The molecule has 1 saturated heterocycles. The minimum Gasteiger partial charge on any atom is -0.438 e.